The van der Waals surface area contributed by atoms with Crippen LogP contribution in [0.3, 0.4) is 0 Å². The first-order chi connectivity index (χ1) is 14.5. The van der Waals surface area contributed by atoms with Crippen molar-refractivity contribution in [1.29, 1.82) is 0 Å². The second-order valence-corrected chi connectivity index (χ2v) is 6.88. The van der Waals surface area contributed by atoms with Gasteiger partial charge in [0.05, 0.1) is 16.8 Å². The molecule has 0 saturated heterocycles. The highest BCUT2D eigenvalue weighted by Crippen LogP contribution is 2.23. The molecular weight excluding hydrogens is 380 g/mol. The van der Waals surface area contributed by atoms with Gasteiger partial charge in [0.25, 0.3) is 5.91 Å². The van der Waals surface area contributed by atoms with Crippen LogP contribution in [0, 0.1) is 6.92 Å². The van der Waals surface area contributed by atoms with Crippen molar-refractivity contribution in [3.63, 3.8) is 0 Å². The van der Waals surface area contributed by atoms with E-state index >= 15 is 0 Å². The molecule has 2 N–H and O–H groups in total. The quantitative estimate of drug-likeness (QED) is 0.491. The number of para-hydroxylation sites is 1. The molecule has 1 atom stereocenters. The smallest absolute Gasteiger partial charge is 0.338 e. The summed E-state index contributed by atoms with van der Waals surface area (Å²) in [6, 6.07) is 16.2. The molecule has 0 aliphatic heterocycles. The monoisotopic (exact) mass is 400 g/mol. The molecule has 0 aliphatic rings. The highest BCUT2D eigenvalue weighted by Gasteiger charge is 2.20. The maximum Gasteiger partial charge on any atom is 0.338 e. The second-order valence-electron chi connectivity index (χ2n) is 6.88. The molecule has 0 bridgehead atoms. The number of imidazole rings is 1. The number of pyridine rings is 1. The summed E-state index contributed by atoms with van der Waals surface area (Å²) in [5, 5.41) is 3.66. The zero-order chi connectivity index (χ0) is 21.1. The van der Waals surface area contributed by atoms with Gasteiger partial charge in [-0.2, -0.15) is 0 Å². The molecule has 2 heterocycles. The van der Waals surface area contributed by atoms with Gasteiger partial charge in [-0.3, -0.25) is 9.78 Å². The van der Waals surface area contributed by atoms with Crippen molar-refractivity contribution in [2.45, 2.75) is 20.0 Å². The number of nitrogens with zero attached hydrogens (tertiary/aromatic N) is 2. The SMILES string of the molecule is Cc1cc(NC(=O)C(C)OC(=O)c2ccc(-c3ncc[nH]3)cc2)c2ccccc2n1. The summed E-state index contributed by atoms with van der Waals surface area (Å²) in [6.07, 6.45) is 2.42. The molecule has 0 spiro atoms. The predicted molar refractivity (Wildman–Crippen MR) is 114 cm³/mol. The van der Waals surface area contributed by atoms with Crippen LogP contribution >= 0.6 is 0 Å². The summed E-state index contributed by atoms with van der Waals surface area (Å²) < 4.78 is 5.35. The average molecular weight is 400 g/mol. The molecule has 2 aromatic heterocycles. The van der Waals surface area contributed by atoms with Gasteiger partial charge in [-0.1, -0.05) is 30.3 Å². The van der Waals surface area contributed by atoms with Crippen molar-refractivity contribution in [1.82, 2.24) is 15.0 Å². The van der Waals surface area contributed by atoms with Gasteiger partial charge in [0.15, 0.2) is 6.10 Å². The van der Waals surface area contributed by atoms with Crippen molar-refractivity contribution in [2.75, 3.05) is 5.32 Å². The Bertz CT molecular complexity index is 1200. The van der Waals surface area contributed by atoms with Gasteiger partial charge in [-0.15, -0.1) is 0 Å². The van der Waals surface area contributed by atoms with Crippen LogP contribution in [-0.4, -0.2) is 32.9 Å². The lowest BCUT2D eigenvalue weighted by Crippen LogP contribution is -2.30. The van der Waals surface area contributed by atoms with Gasteiger partial charge >= 0.3 is 5.97 Å². The Morgan fingerprint density at radius 1 is 1.10 bits per heavy atom. The van der Waals surface area contributed by atoms with Crippen molar-refractivity contribution in [3.05, 3.63) is 78.2 Å². The lowest BCUT2D eigenvalue weighted by molar-refractivity contribution is -0.123. The van der Waals surface area contributed by atoms with Crippen molar-refractivity contribution < 1.29 is 14.3 Å². The van der Waals surface area contributed by atoms with Crippen LogP contribution in [0.15, 0.2) is 67.0 Å². The number of anilines is 1. The molecule has 2 aromatic carbocycles. The maximum atomic E-state index is 12.6. The van der Waals surface area contributed by atoms with E-state index in [1.54, 1.807) is 49.6 Å². The minimum atomic E-state index is -0.963. The summed E-state index contributed by atoms with van der Waals surface area (Å²) in [7, 11) is 0. The molecule has 4 aromatic rings. The lowest BCUT2D eigenvalue weighted by Gasteiger charge is -2.15. The van der Waals surface area contributed by atoms with E-state index in [1.165, 1.54) is 0 Å². The van der Waals surface area contributed by atoms with Crippen LogP contribution in [0.5, 0.6) is 0 Å². The molecule has 7 nitrogen and oxygen atoms in total. The number of fused-ring (bicyclic) bond motifs is 1. The highest BCUT2D eigenvalue weighted by atomic mass is 16.5. The van der Waals surface area contributed by atoms with Crippen LogP contribution in [0.2, 0.25) is 0 Å². The number of amides is 1. The van der Waals surface area contributed by atoms with E-state index in [0.717, 1.165) is 22.2 Å². The molecule has 0 radical (unpaired) electrons. The number of aromatic nitrogens is 3. The number of benzene rings is 2. The van der Waals surface area contributed by atoms with E-state index in [4.69, 9.17) is 4.74 Å². The summed E-state index contributed by atoms with van der Waals surface area (Å²) in [5.41, 5.74) is 3.41. The Labute approximate surface area is 173 Å². The highest BCUT2D eigenvalue weighted by molar-refractivity contribution is 6.03. The number of ether oxygens (including phenoxy) is 1. The first-order valence-electron chi connectivity index (χ1n) is 9.49. The average Bonchev–Trinajstić information content (AvgIpc) is 3.28. The largest absolute Gasteiger partial charge is 0.449 e. The summed E-state index contributed by atoms with van der Waals surface area (Å²) in [5.74, 6) is -0.270. The van der Waals surface area contributed by atoms with E-state index in [-0.39, 0.29) is 0 Å². The fourth-order valence-corrected chi connectivity index (χ4v) is 3.12. The van der Waals surface area contributed by atoms with Crippen LogP contribution in [0.4, 0.5) is 5.69 Å². The van der Waals surface area contributed by atoms with E-state index in [2.05, 4.69) is 20.3 Å². The molecule has 7 heteroatoms. The number of carbonyl (C=O) groups excluding carboxylic acids is 2. The van der Waals surface area contributed by atoms with Crippen LogP contribution < -0.4 is 5.32 Å². The number of nitrogens with one attached hydrogen (secondary N) is 2. The topological polar surface area (TPSA) is 97.0 Å². The fraction of sp³-hybridized carbons (Fsp3) is 0.130. The molecule has 150 valence electrons. The summed E-state index contributed by atoms with van der Waals surface area (Å²) in [6.45, 7) is 3.40. The van der Waals surface area contributed by atoms with E-state index in [1.807, 2.05) is 31.2 Å². The van der Waals surface area contributed by atoms with Crippen LogP contribution in [0.25, 0.3) is 22.3 Å². The van der Waals surface area contributed by atoms with E-state index in [0.29, 0.717) is 17.1 Å². The Morgan fingerprint density at radius 3 is 2.60 bits per heavy atom. The first-order valence-corrected chi connectivity index (χ1v) is 9.49. The number of carbonyl (C=O) groups is 2. The Hall–Kier alpha value is -4.00. The van der Waals surface area contributed by atoms with E-state index in [9.17, 15) is 9.59 Å². The minimum absolute atomic E-state index is 0.357. The molecule has 30 heavy (non-hydrogen) atoms. The first kappa shape index (κ1) is 19.3. The third kappa shape index (κ3) is 4.05. The van der Waals surface area contributed by atoms with Gasteiger partial charge < -0.3 is 15.0 Å². The standard InChI is InChI=1S/C23H20N4O3/c1-14-13-20(18-5-3-4-6-19(18)26-14)27-22(28)15(2)30-23(29)17-9-7-16(8-10-17)21-24-11-12-25-21/h3-13,15H,1-2H3,(H,24,25)(H,26,27,28). The van der Waals surface area contributed by atoms with Gasteiger partial charge in [0.2, 0.25) is 0 Å². The molecule has 1 unspecified atom stereocenters. The summed E-state index contributed by atoms with van der Waals surface area (Å²) >= 11 is 0. The second kappa shape index (κ2) is 8.16. The third-order valence-electron chi connectivity index (χ3n) is 4.65. The number of aromatic amines is 1. The Morgan fingerprint density at radius 2 is 1.87 bits per heavy atom. The number of esters is 1. The number of hydrogen-bond acceptors (Lipinski definition) is 5. The molecule has 0 aliphatic carbocycles. The molecule has 0 saturated carbocycles. The van der Waals surface area contributed by atoms with Gasteiger partial charge in [0.1, 0.15) is 5.82 Å². The normalized spacial score (nSPS) is 11.8. The van der Waals surface area contributed by atoms with Crippen molar-refractivity contribution in [3.8, 4) is 11.4 Å². The van der Waals surface area contributed by atoms with Gasteiger partial charge in [-0.05, 0) is 38.1 Å². The number of hydrogen-bond donors (Lipinski definition) is 2. The predicted octanol–water partition coefficient (Wildman–Crippen LogP) is 4.12. The van der Waals surface area contributed by atoms with E-state index < -0.39 is 18.0 Å². The number of H-pyrrole nitrogens is 1. The maximum absolute atomic E-state index is 12.6. The fourth-order valence-electron chi connectivity index (χ4n) is 3.12. The third-order valence-corrected chi connectivity index (χ3v) is 4.65. The van der Waals surface area contributed by atoms with Crippen LogP contribution in [-0.2, 0) is 9.53 Å². The molecule has 4 rings (SSSR count). The number of aryl methyl sites for hydroxylation is 1. The lowest BCUT2D eigenvalue weighted by atomic mass is 10.1. The Balaban J connectivity index is 1.44. The van der Waals surface area contributed by atoms with Gasteiger partial charge in [-0.25, -0.2) is 9.78 Å². The molecular formula is C23H20N4O3. The number of rotatable bonds is 5. The minimum Gasteiger partial charge on any atom is -0.449 e. The van der Waals surface area contributed by atoms with Crippen molar-refractivity contribution >= 4 is 28.5 Å². The van der Waals surface area contributed by atoms with Crippen molar-refractivity contribution in [2.24, 2.45) is 0 Å². The zero-order valence-electron chi connectivity index (χ0n) is 16.5. The Kier molecular flexibility index (Phi) is 5.26. The summed E-state index contributed by atoms with van der Waals surface area (Å²) in [4.78, 5) is 36.7. The molecule has 1 amide bonds. The van der Waals surface area contributed by atoms with Gasteiger partial charge in [0, 0.05) is 29.0 Å². The van der Waals surface area contributed by atoms with Crippen LogP contribution in [0.1, 0.15) is 23.0 Å². The zero-order valence-corrected chi connectivity index (χ0v) is 16.5. The molecule has 0 fully saturated rings.